The van der Waals surface area contributed by atoms with Gasteiger partial charge in [-0.25, -0.2) is 0 Å². The first-order chi connectivity index (χ1) is 15.4. The number of rotatable bonds is 8. The lowest BCUT2D eigenvalue weighted by atomic mass is 9.68. The van der Waals surface area contributed by atoms with Gasteiger partial charge < -0.3 is 9.47 Å². The summed E-state index contributed by atoms with van der Waals surface area (Å²) < 4.78 is 10.6. The molecule has 168 valence electrons. The number of allylic oxidation sites excluding steroid dienone is 2. The number of carbonyl (C=O) groups is 2. The molecule has 0 bridgehead atoms. The zero-order valence-corrected chi connectivity index (χ0v) is 19.4. The van der Waals surface area contributed by atoms with Crippen molar-refractivity contribution >= 4 is 23.7 Å². The Morgan fingerprint density at radius 1 is 0.750 bits per heavy atom. The van der Waals surface area contributed by atoms with E-state index in [-0.39, 0.29) is 11.6 Å². The van der Waals surface area contributed by atoms with Crippen molar-refractivity contribution < 1.29 is 19.1 Å². The Morgan fingerprint density at radius 3 is 1.88 bits per heavy atom. The van der Waals surface area contributed by atoms with Crippen LogP contribution in [0, 0.1) is 19.3 Å². The molecule has 0 radical (unpaired) electrons. The van der Waals surface area contributed by atoms with Crippen molar-refractivity contribution in [2.75, 3.05) is 14.2 Å². The SMILES string of the molecule is COc1ccc(/C=C/C(=O)C2(C(=O)/C=C/c3ccc(C)c(C)c3)CCCCC2)cc1OC. The number of hydrogen-bond acceptors (Lipinski definition) is 4. The standard InChI is InChI=1S/C28H32O4/c1-20-8-9-22(18-21(20)2)11-14-26(29)28(16-6-5-7-17-28)27(30)15-12-23-10-13-24(31-3)25(19-23)32-4/h8-15,18-19H,5-7,16-17H2,1-4H3/b14-11+,15-12+. The summed E-state index contributed by atoms with van der Waals surface area (Å²) in [5.41, 5.74) is 3.22. The Bertz CT molecular complexity index is 1040. The molecular formula is C28H32O4. The first-order valence-corrected chi connectivity index (χ1v) is 11.1. The molecule has 0 saturated heterocycles. The predicted molar refractivity (Wildman–Crippen MR) is 129 cm³/mol. The highest BCUT2D eigenvalue weighted by Gasteiger charge is 2.43. The third-order valence-electron chi connectivity index (χ3n) is 6.44. The van der Waals surface area contributed by atoms with Crippen LogP contribution in [-0.4, -0.2) is 25.8 Å². The van der Waals surface area contributed by atoms with Crippen molar-refractivity contribution in [3.05, 3.63) is 70.8 Å². The molecule has 1 saturated carbocycles. The van der Waals surface area contributed by atoms with E-state index in [0.717, 1.165) is 30.4 Å². The lowest BCUT2D eigenvalue weighted by molar-refractivity contribution is -0.137. The molecule has 1 aliphatic rings. The van der Waals surface area contributed by atoms with Crippen molar-refractivity contribution in [1.29, 1.82) is 0 Å². The minimum atomic E-state index is -0.971. The Morgan fingerprint density at radius 2 is 1.31 bits per heavy atom. The first-order valence-electron chi connectivity index (χ1n) is 11.1. The van der Waals surface area contributed by atoms with E-state index in [1.165, 1.54) is 11.1 Å². The summed E-state index contributed by atoms with van der Waals surface area (Å²) in [7, 11) is 3.16. The third-order valence-corrected chi connectivity index (χ3v) is 6.44. The zero-order chi connectivity index (χ0) is 23.1. The highest BCUT2D eigenvalue weighted by atomic mass is 16.5. The molecule has 0 aliphatic heterocycles. The number of carbonyl (C=O) groups excluding carboxylic acids is 2. The van der Waals surface area contributed by atoms with Crippen LogP contribution >= 0.6 is 0 Å². The van der Waals surface area contributed by atoms with Gasteiger partial charge in [-0.1, -0.05) is 55.7 Å². The summed E-state index contributed by atoms with van der Waals surface area (Å²) in [4.78, 5) is 26.6. The average molecular weight is 433 g/mol. The maximum Gasteiger partial charge on any atom is 0.169 e. The molecule has 4 nitrogen and oxygen atoms in total. The quantitative estimate of drug-likeness (QED) is 0.372. The average Bonchev–Trinajstić information content (AvgIpc) is 2.83. The van der Waals surface area contributed by atoms with Crippen LogP contribution < -0.4 is 9.47 Å². The largest absolute Gasteiger partial charge is 0.493 e. The predicted octanol–water partition coefficient (Wildman–Crippen LogP) is 6.14. The molecular weight excluding hydrogens is 400 g/mol. The van der Waals surface area contributed by atoms with Gasteiger partial charge in [0.05, 0.1) is 19.6 Å². The summed E-state index contributed by atoms with van der Waals surface area (Å²) in [5.74, 6) is 1.01. The summed E-state index contributed by atoms with van der Waals surface area (Å²) in [6.07, 6.45) is 10.8. The second-order valence-electron chi connectivity index (χ2n) is 8.50. The van der Waals surface area contributed by atoms with Crippen LogP contribution in [0.4, 0.5) is 0 Å². The molecule has 32 heavy (non-hydrogen) atoms. The van der Waals surface area contributed by atoms with E-state index in [1.54, 1.807) is 38.5 Å². The zero-order valence-electron chi connectivity index (χ0n) is 19.4. The third kappa shape index (κ3) is 5.18. The molecule has 1 fully saturated rings. The van der Waals surface area contributed by atoms with Gasteiger partial charge in [0.2, 0.25) is 0 Å². The molecule has 0 spiro atoms. The van der Waals surface area contributed by atoms with Crippen LogP contribution in [0.1, 0.15) is 54.4 Å². The molecule has 4 heteroatoms. The second kappa shape index (κ2) is 10.4. The van der Waals surface area contributed by atoms with Crippen molar-refractivity contribution in [1.82, 2.24) is 0 Å². The second-order valence-corrected chi connectivity index (χ2v) is 8.50. The molecule has 1 aliphatic carbocycles. The van der Waals surface area contributed by atoms with Crippen molar-refractivity contribution in [3.63, 3.8) is 0 Å². The normalized spacial score (nSPS) is 15.8. The van der Waals surface area contributed by atoms with Gasteiger partial charge in [0, 0.05) is 0 Å². The molecule has 0 amide bonds. The minimum absolute atomic E-state index is 0.0996. The van der Waals surface area contributed by atoms with E-state index in [9.17, 15) is 9.59 Å². The molecule has 0 unspecified atom stereocenters. The van der Waals surface area contributed by atoms with Crippen molar-refractivity contribution in [3.8, 4) is 11.5 Å². The number of hydrogen-bond donors (Lipinski definition) is 0. The van der Waals surface area contributed by atoms with Gasteiger partial charge in [0.1, 0.15) is 0 Å². The maximum absolute atomic E-state index is 13.3. The molecule has 2 aromatic rings. The lowest BCUT2D eigenvalue weighted by Crippen LogP contribution is -2.39. The van der Waals surface area contributed by atoms with Crippen LogP contribution in [0.2, 0.25) is 0 Å². The molecule has 0 N–H and O–H groups in total. The van der Waals surface area contributed by atoms with Crippen molar-refractivity contribution in [2.24, 2.45) is 5.41 Å². The molecule has 2 aromatic carbocycles. The number of aryl methyl sites for hydroxylation is 2. The van der Waals surface area contributed by atoms with Gasteiger partial charge in [0.15, 0.2) is 23.1 Å². The van der Waals surface area contributed by atoms with E-state index in [2.05, 4.69) is 19.9 Å². The Hall–Kier alpha value is -3.14. The van der Waals surface area contributed by atoms with Gasteiger partial charge in [-0.15, -0.1) is 0 Å². The Balaban J connectivity index is 1.83. The molecule has 0 aromatic heterocycles. The van der Waals surface area contributed by atoms with E-state index in [4.69, 9.17) is 9.47 Å². The monoisotopic (exact) mass is 432 g/mol. The van der Waals surface area contributed by atoms with E-state index in [0.29, 0.717) is 24.3 Å². The Kier molecular flexibility index (Phi) is 7.68. The summed E-state index contributed by atoms with van der Waals surface area (Å²) in [5, 5.41) is 0. The van der Waals surface area contributed by atoms with Gasteiger partial charge in [-0.2, -0.15) is 0 Å². The van der Waals surface area contributed by atoms with E-state index >= 15 is 0 Å². The fourth-order valence-electron chi connectivity index (χ4n) is 4.26. The van der Waals surface area contributed by atoms with Crippen molar-refractivity contribution in [2.45, 2.75) is 46.0 Å². The van der Waals surface area contributed by atoms with E-state index in [1.807, 2.05) is 30.3 Å². The highest BCUT2D eigenvalue weighted by molar-refractivity contribution is 6.17. The lowest BCUT2D eigenvalue weighted by Gasteiger charge is -2.32. The van der Waals surface area contributed by atoms with Gasteiger partial charge in [-0.3, -0.25) is 9.59 Å². The first kappa shape index (κ1) is 23.5. The van der Waals surface area contributed by atoms with Crippen LogP contribution in [0.5, 0.6) is 11.5 Å². The van der Waals surface area contributed by atoms with Gasteiger partial charge in [-0.05, 0) is 73.2 Å². The summed E-state index contributed by atoms with van der Waals surface area (Å²) in [6.45, 7) is 4.12. The fraction of sp³-hybridized carbons (Fsp3) is 0.357. The van der Waals surface area contributed by atoms with Gasteiger partial charge in [0.25, 0.3) is 0 Å². The highest BCUT2D eigenvalue weighted by Crippen LogP contribution is 2.39. The Labute approximate surface area is 190 Å². The maximum atomic E-state index is 13.3. The fourth-order valence-corrected chi connectivity index (χ4v) is 4.26. The van der Waals surface area contributed by atoms with E-state index < -0.39 is 5.41 Å². The summed E-state index contributed by atoms with van der Waals surface area (Å²) >= 11 is 0. The van der Waals surface area contributed by atoms with Crippen LogP contribution in [0.15, 0.2) is 48.6 Å². The number of ether oxygens (including phenoxy) is 2. The number of methoxy groups -OCH3 is 2. The van der Waals surface area contributed by atoms with Gasteiger partial charge >= 0.3 is 0 Å². The molecule has 3 rings (SSSR count). The smallest absolute Gasteiger partial charge is 0.169 e. The minimum Gasteiger partial charge on any atom is -0.493 e. The molecule has 0 heterocycles. The number of benzene rings is 2. The topological polar surface area (TPSA) is 52.6 Å². The molecule has 0 atom stereocenters. The number of ketones is 2. The van der Waals surface area contributed by atoms with Crippen LogP contribution in [-0.2, 0) is 9.59 Å². The van der Waals surface area contributed by atoms with Crippen LogP contribution in [0.25, 0.3) is 12.2 Å². The summed E-state index contributed by atoms with van der Waals surface area (Å²) in [6, 6.07) is 11.6. The van der Waals surface area contributed by atoms with Crippen LogP contribution in [0.3, 0.4) is 0 Å².